The van der Waals surface area contributed by atoms with Gasteiger partial charge in [-0.3, -0.25) is 19.5 Å². The van der Waals surface area contributed by atoms with Crippen molar-refractivity contribution >= 4 is 51.1 Å². The number of aromatic nitrogens is 2. The molecule has 1 atom stereocenters. The van der Waals surface area contributed by atoms with Gasteiger partial charge < -0.3 is 15.5 Å². The Morgan fingerprint density at radius 2 is 1.86 bits per heavy atom. The molecule has 10 heteroatoms. The number of nitrogens with zero attached hydrogens (tertiary/aromatic N) is 2. The smallest absolute Gasteiger partial charge is 0.271 e. The Kier molecular flexibility index (Phi) is 6.92. The number of halogens is 2. The number of hydrogen-bond donors (Lipinski definition) is 3. The highest BCUT2D eigenvalue weighted by atomic mass is 79.9. The van der Waals surface area contributed by atoms with Gasteiger partial charge in [0.25, 0.3) is 11.8 Å². The molecule has 29 heavy (non-hydrogen) atoms. The van der Waals surface area contributed by atoms with Crippen molar-refractivity contribution < 1.29 is 14.4 Å². The summed E-state index contributed by atoms with van der Waals surface area (Å²) in [6.07, 6.45) is 3.08. The van der Waals surface area contributed by atoms with E-state index in [0.29, 0.717) is 18.1 Å². The summed E-state index contributed by atoms with van der Waals surface area (Å²) in [6, 6.07) is 5.94. The SMILES string of the molecule is C[C@H](NC(=O)c1[nH]nc(NC(=O)c2ccccc2Cl)c1Br)C(=O)N1CCCCC1. The van der Waals surface area contributed by atoms with Crippen LogP contribution in [-0.4, -0.2) is 52.0 Å². The first-order chi connectivity index (χ1) is 13.9. The van der Waals surface area contributed by atoms with Gasteiger partial charge in [-0.25, -0.2) is 0 Å². The second-order valence-corrected chi connectivity index (χ2v) is 7.98. The van der Waals surface area contributed by atoms with Gasteiger partial charge in [0.2, 0.25) is 5.91 Å². The molecular formula is C19H21BrClN5O3. The van der Waals surface area contributed by atoms with Gasteiger partial charge in [0.15, 0.2) is 5.82 Å². The summed E-state index contributed by atoms with van der Waals surface area (Å²) in [5.74, 6) is -0.917. The van der Waals surface area contributed by atoms with E-state index in [1.807, 2.05) is 0 Å². The normalized spacial score (nSPS) is 14.9. The van der Waals surface area contributed by atoms with E-state index in [9.17, 15) is 14.4 Å². The predicted octanol–water partition coefficient (Wildman–Crippen LogP) is 3.21. The summed E-state index contributed by atoms with van der Waals surface area (Å²) >= 11 is 9.31. The van der Waals surface area contributed by atoms with Crippen LogP contribution in [0.3, 0.4) is 0 Å². The third-order valence-electron chi connectivity index (χ3n) is 4.67. The molecule has 154 valence electrons. The zero-order chi connectivity index (χ0) is 21.0. The second kappa shape index (κ2) is 9.41. The lowest BCUT2D eigenvalue weighted by atomic mass is 10.1. The Morgan fingerprint density at radius 3 is 2.55 bits per heavy atom. The number of hydrogen-bond acceptors (Lipinski definition) is 4. The zero-order valence-electron chi connectivity index (χ0n) is 15.8. The monoisotopic (exact) mass is 481 g/mol. The summed E-state index contributed by atoms with van der Waals surface area (Å²) in [5, 5.41) is 12.1. The fourth-order valence-corrected chi connectivity index (χ4v) is 3.78. The lowest BCUT2D eigenvalue weighted by Crippen LogP contribution is -2.48. The molecule has 8 nitrogen and oxygen atoms in total. The van der Waals surface area contributed by atoms with Gasteiger partial charge >= 0.3 is 0 Å². The van der Waals surface area contributed by atoms with E-state index in [-0.39, 0.29) is 27.5 Å². The van der Waals surface area contributed by atoms with Crippen LogP contribution in [0.2, 0.25) is 5.02 Å². The molecular weight excluding hydrogens is 462 g/mol. The molecule has 0 radical (unpaired) electrons. The van der Waals surface area contributed by atoms with Crippen LogP contribution >= 0.6 is 27.5 Å². The minimum absolute atomic E-state index is 0.109. The topological polar surface area (TPSA) is 107 Å². The highest BCUT2D eigenvalue weighted by molar-refractivity contribution is 9.10. The molecule has 3 amide bonds. The summed E-state index contributed by atoms with van der Waals surface area (Å²) in [5.41, 5.74) is 0.397. The molecule has 1 aromatic heterocycles. The van der Waals surface area contributed by atoms with Gasteiger partial charge in [0.1, 0.15) is 11.7 Å². The predicted molar refractivity (Wildman–Crippen MR) is 113 cm³/mol. The van der Waals surface area contributed by atoms with Gasteiger partial charge in [-0.15, -0.1) is 0 Å². The first kappa shape index (κ1) is 21.3. The van der Waals surface area contributed by atoms with E-state index >= 15 is 0 Å². The standard InChI is InChI=1S/C19H21BrClN5O3/c1-11(19(29)26-9-5-2-6-10-26)22-18(28)15-14(20)16(25-24-15)23-17(27)12-7-3-4-8-13(12)21/h3-4,7-8,11H,2,5-6,9-10H2,1H3,(H,22,28)(H2,23,24,25,27)/t11-/m0/s1. The van der Waals surface area contributed by atoms with Crippen LogP contribution in [0, 0.1) is 0 Å². The quantitative estimate of drug-likeness (QED) is 0.608. The largest absolute Gasteiger partial charge is 0.341 e. The van der Waals surface area contributed by atoms with Crippen molar-refractivity contribution in [1.82, 2.24) is 20.4 Å². The summed E-state index contributed by atoms with van der Waals surface area (Å²) in [4.78, 5) is 39.2. The van der Waals surface area contributed by atoms with Crippen molar-refractivity contribution in [3.8, 4) is 0 Å². The number of carbonyl (C=O) groups excluding carboxylic acids is 3. The van der Waals surface area contributed by atoms with Crippen LogP contribution in [0.25, 0.3) is 0 Å². The molecule has 1 fully saturated rings. The molecule has 2 heterocycles. The molecule has 2 aromatic rings. The second-order valence-electron chi connectivity index (χ2n) is 6.78. The Labute approximate surface area is 181 Å². The molecule has 0 unspecified atom stereocenters. The average molecular weight is 483 g/mol. The Bertz CT molecular complexity index is 926. The minimum Gasteiger partial charge on any atom is -0.341 e. The zero-order valence-corrected chi connectivity index (χ0v) is 18.1. The molecule has 3 rings (SSSR count). The van der Waals surface area contributed by atoms with Crippen LogP contribution in [0.5, 0.6) is 0 Å². The van der Waals surface area contributed by atoms with Crippen molar-refractivity contribution in [2.75, 3.05) is 18.4 Å². The van der Waals surface area contributed by atoms with Gasteiger partial charge in [-0.1, -0.05) is 23.7 Å². The molecule has 1 aliphatic heterocycles. The molecule has 0 bridgehead atoms. The molecule has 0 aliphatic carbocycles. The number of nitrogens with one attached hydrogen (secondary N) is 3. The van der Waals surface area contributed by atoms with Crippen LogP contribution in [0.15, 0.2) is 28.7 Å². The number of rotatable bonds is 5. The Morgan fingerprint density at radius 1 is 1.17 bits per heavy atom. The number of H-pyrrole nitrogens is 1. The van der Waals surface area contributed by atoms with Gasteiger partial charge in [-0.05, 0) is 54.2 Å². The van der Waals surface area contributed by atoms with E-state index in [4.69, 9.17) is 11.6 Å². The lowest BCUT2D eigenvalue weighted by molar-refractivity contribution is -0.133. The number of carbonyl (C=O) groups is 3. The lowest BCUT2D eigenvalue weighted by Gasteiger charge is -2.29. The fraction of sp³-hybridized carbons (Fsp3) is 0.368. The first-order valence-electron chi connectivity index (χ1n) is 9.28. The van der Waals surface area contributed by atoms with Crippen molar-refractivity contribution in [2.24, 2.45) is 0 Å². The van der Waals surface area contributed by atoms with E-state index in [0.717, 1.165) is 19.3 Å². The molecule has 1 saturated heterocycles. The van der Waals surface area contributed by atoms with Crippen molar-refractivity contribution in [3.63, 3.8) is 0 Å². The minimum atomic E-state index is -0.669. The maximum atomic E-state index is 12.6. The molecule has 0 spiro atoms. The van der Waals surface area contributed by atoms with Crippen molar-refractivity contribution in [1.29, 1.82) is 0 Å². The average Bonchev–Trinajstić information content (AvgIpc) is 3.08. The van der Waals surface area contributed by atoms with Gasteiger partial charge in [0.05, 0.1) is 15.1 Å². The van der Waals surface area contributed by atoms with Crippen LogP contribution in [0.1, 0.15) is 47.0 Å². The van der Waals surface area contributed by atoms with Crippen LogP contribution in [-0.2, 0) is 4.79 Å². The van der Waals surface area contributed by atoms with E-state index < -0.39 is 17.9 Å². The van der Waals surface area contributed by atoms with Crippen molar-refractivity contribution in [2.45, 2.75) is 32.2 Å². The van der Waals surface area contributed by atoms with Crippen molar-refractivity contribution in [3.05, 3.63) is 45.0 Å². The van der Waals surface area contributed by atoms with E-state index in [1.165, 1.54) is 0 Å². The molecule has 1 aromatic carbocycles. The summed E-state index contributed by atoms with van der Waals surface area (Å²) in [7, 11) is 0. The Balaban J connectivity index is 1.65. The number of amides is 3. The highest BCUT2D eigenvalue weighted by Gasteiger charge is 2.26. The maximum absolute atomic E-state index is 12.6. The fourth-order valence-electron chi connectivity index (χ4n) is 3.10. The molecule has 1 aliphatic rings. The van der Waals surface area contributed by atoms with Gasteiger partial charge in [-0.2, -0.15) is 5.10 Å². The maximum Gasteiger partial charge on any atom is 0.271 e. The Hall–Kier alpha value is -2.39. The summed E-state index contributed by atoms with van der Waals surface area (Å²) in [6.45, 7) is 3.08. The van der Waals surface area contributed by atoms with Gasteiger partial charge in [0, 0.05) is 13.1 Å². The first-order valence-corrected chi connectivity index (χ1v) is 10.4. The highest BCUT2D eigenvalue weighted by Crippen LogP contribution is 2.25. The molecule has 3 N–H and O–H groups in total. The number of aromatic amines is 1. The van der Waals surface area contributed by atoms with Crippen LogP contribution < -0.4 is 10.6 Å². The number of piperidine rings is 1. The third-order valence-corrected chi connectivity index (χ3v) is 5.77. The van der Waals surface area contributed by atoms with Crippen LogP contribution in [0.4, 0.5) is 5.82 Å². The number of likely N-dealkylation sites (tertiary alicyclic amines) is 1. The molecule has 0 saturated carbocycles. The van der Waals surface area contributed by atoms with E-state index in [1.54, 1.807) is 36.1 Å². The van der Waals surface area contributed by atoms with E-state index in [2.05, 4.69) is 36.8 Å². The number of benzene rings is 1. The third kappa shape index (κ3) is 4.97. The number of anilines is 1. The summed E-state index contributed by atoms with van der Waals surface area (Å²) < 4.78 is 0.285.